The Kier molecular flexibility index (Phi) is 7.00. The lowest BCUT2D eigenvalue weighted by atomic mass is 10.0. The first-order chi connectivity index (χ1) is 14.1. The van der Waals surface area contributed by atoms with E-state index < -0.39 is 6.09 Å². The molecule has 0 bridgehead atoms. The summed E-state index contributed by atoms with van der Waals surface area (Å²) in [6.07, 6.45) is -0.251. The van der Waals surface area contributed by atoms with Crippen LogP contribution in [0.15, 0.2) is 78.9 Å². The van der Waals surface area contributed by atoms with Crippen molar-refractivity contribution in [3.05, 3.63) is 90.0 Å². The molecule has 0 heterocycles. The Morgan fingerprint density at radius 1 is 0.793 bits per heavy atom. The van der Waals surface area contributed by atoms with Crippen LogP contribution in [0.5, 0.6) is 0 Å². The van der Waals surface area contributed by atoms with E-state index in [9.17, 15) is 9.59 Å². The minimum Gasteiger partial charge on any atom is -0.466 e. The number of hydrogen-bond donors (Lipinski definition) is 1. The van der Waals surface area contributed by atoms with Gasteiger partial charge in [-0.15, -0.1) is 0 Å². The highest BCUT2D eigenvalue weighted by Crippen LogP contribution is 2.23. The minimum atomic E-state index is -0.504. The van der Waals surface area contributed by atoms with Crippen molar-refractivity contribution >= 4 is 17.7 Å². The third kappa shape index (κ3) is 6.21. The van der Waals surface area contributed by atoms with Crippen molar-refractivity contribution in [3.8, 4) is 11.1 Å². The number of rotatable bonds is 7. The fraction of sp³-hybridized carbons (Fsp3) is 0.167. The molecule has 0 aromatic heterocycles. The summed E-state index contributed by atoms with van der Waals surface area (Å²) in [7, 11) is 0. The summed E-state index contributed by atoms with van der Waals surface area (Å²) in [5, 5.41) is 2.75. The first kappa shape index (κ1) is 20.1. The van der Waals surface area contributed by atoms with E-state index in [0.29, 0.717) is 12.3 Å². The third-order valence-corrected chi connectivity index (χ3v) is 4.26. The van der Waals surface area contributed by atoms with E-state index in [4.69, 9.17) is 9.47 Å². The first-order valence-corrected chi connectivity index (χ1v) is 9.47. The number of hydrogen-bond acceptors (Lipinski definition) is 4. The van der Waals surface area contributed by atoms with Gasteiger partial charge in [0.25, 0.3) is 0 Å². The molecule has 3 aromatic carbocycles. The molecule has 0 unspecified atom stereocenters. The monoisotopic (exact) mass is 389 g/mol. The number of ether oxygens (including phenoxy) is 2. The van der Waals surface area contributed by atoms with Crippen molar-refractivity contribution in [2.24, 2.45) is 0 Å². The van der Waals surface area contributed by atoms with Crippen molar-refractivity contribution in [2.75, 3.05) is 11.9 Å². The van der Waals surface area contributed by atoms with Crippen molar-refractivity contribution in [1.82, 2.24) is 0 Å². The predicted octanol–water partition coefficient (Wildman–Crippen LogP) is 5.21. The Hall–Kier alpha value is -3.60. The number of amides is 1. The van der Waals surface area contributed by atoms with Gasteiger partial charge in [0.2, 0.25) is 0 Å². The van der Waals surface area contributed by atoms with Crippen molar-refractivity contribution < 1.29 is 19.1 Å². The van der Waals surface area contributed by atoms with Crippen LogP contribution < -0.4 is 5.32 Å². The van der Waals surface area contributed by atoms with Gasteiger partial charge in [-0.25, -0.2) is 4.79 Å². The molecule has 3 aromatic rings. The van der Waals surface area contributed by atoms with Gasteiger partial charge in [-0.05, 0) is 41.3 Å². The van der Waals surface area contributed by atoms with Crippen LogP contribution in [-0.4, -0.2) is 18.7 Å². The average Bonchev–Trinajstić information content (AvgIpc) is 2.74. The van der Waals surface area contributed by atoms with Crippen LogP contribution in [0.3, 0.4) is 0 Å². The smallest absolute Gasteiger partial charge is 0.411 e. The molecule has 0 radical (unpaired) electrons. The van der Waals surface area contributed by atoms with Crippen molar-refractivity contribution in [2.45, 2.75) is 20.0 Å². The van der Waals surface area contributed by atoms with Gasteiger partial charge in [-0.3, -0.25) is 10.1 Å². The van der Waals surface area contributed by atoms with Gasteiger partial charge >= 0.3 is 12.1 Å². The average molecular weight is 389 g/mol. The summed E-state index contributed by atoms with van der Waals surface area (Å²) in [6, 6.07) is 24.7. The molecular formula is C24H23NO4. The first-order valence-electron chi connectivity index (χ1n) is 9.47. The molecule has 1 amide bonds. The van der Waals surface area contributed by atoms with E-state index in [1.807, 2.05) is 78.9 Å². The maximum atomic E-state index is 12.1. The standard InChI is InChI=1S/C24H23NO4/c1-2-28-23(26)15-18-11-13-20(14-12-18)21-9-6-10-22(16-21)25-24(27)29-17-19-7-4-3-5-8-19/h3-14,16H,2,15,17H2,1H3,(H,25,27). The maximum absolute atomic E-state index is 12.1. The highest BCUT2D eigenvalue weighted by atomic mass is 16.5. The van der Waals surface area contributed by atoms with Crippen LogP contribution in [0.4, 0.5) is 10.5 Å². The highest BCUT2D eigenvalue weighted by Gasteiger charge is 2.07. The van der Waals surface area contributed by atoms with Gasteiger partial charge in [-0.1, -0.05) is 66.7 Å². The largest absolute Gasteiger partial charge is 0.466 e. The summed E-state index contributed by atoms with van der Waals surface area (Å²) in [4.78, 5) is 23.6. The maximum Gasteiger partial charge on any atom is 0.411 e. The quantitative estimate of drug-likeness (QED) is 0.564. The molecular weight excluding hydrogens is 366 g/mol. The molecule has 29 heavy (non-hydrogen) atoms. The molecule has 0 spiro atoms. The Balaban J connectivity index is 1.60. The van der Waals surface area contributed by atoms with Crippen LogP contribution in [0.1, 0.15) is 18.1 Å². The van der Waals surface area contributed by atoms with E-state index >= 15 is 0 Å². The zero-order valence-corrected chi connectivity index (χ0v) is 16.3. The third-order valence-electron chi connectivity index (χ3n) is 4.26. The van der Waals surface area contributed by atoms with E-state index in [2.05, 4.69) is 5.32 Å². The normalized spacial score (nSPS) is 10.2. The molecule has 0 fully saturated rings. The second-order valence-electron chi connectivity index (χ2n) is 6.45. The SMILES string of the molecule is CCOC(=O)Cc1ccc(-c2cccc(NC(=O)OCc3ccccc3)c2)cc1. The van der Waals surface area contributed by atoms with Gasteiger partial charge < -0.3 is 9.47 Å². The zero-order valence-electron chi connectivity index (χ0n) is 16.3. The van der Waals surface area contributed by atoms with Gasteiger partial charge in [0.1, 0.15) is 6.61 Å². The van der Waals surface area contributed by atoms with E-state index in [1.54, 1.807) is 6.92 Å². The second-order valence-corrected chi connectivity index (χ2v) is 6.45. The van der Waals surface area contributed by atoms with E-state index in [1.165, 1.54) is 0 Å². The molecule has 5 nitrogen and oxygen atoms in total. The molecule has 3 rings (SSSR count). The van der Waals surface area contributed by atoms with Crippen LogP contribution in [0, 0.1) is 0 Å². The summed E-state index contributed by atoms with van der Waals surface area (Å²) >= 11 is 0. The van der Waals surface area contributed by atoms with Crippen molar-refractivity contribution in [3.63, 3.8) is 0 Å². The van der Waals surface area contributed by atoms with Crippen LogP contribution in [-0.2, 0) is 27.3 Å². The molecule has 0 saturated heterocycles. The molecule has 148 valence electrons. The summed E-state index contributed by atoms with van der Waals surface area (Å²) in [6.45, 7) is 2.39. The Morgan fingerprint density at radius 2 is 1.55 bits per heavy atom. The molecule has 0 aliphatic rings. The Labute approximate surface area is 170 Å². The van der Waals surface area contributed by atoms with Crippen molar-refractivity contribution in [1.29, 1.82) is 0 Å². The number of nitrogens with one attached hydrogen (secondary N) is 1. The lowest BCUT2D eigenvalue weighted by Crippen LogP contribution is -2.13. The predicted molar refractivity (Wildman–Crippen MR) is 112 cm³/mol. The zero-order chi connectivity index (χ0) is 20.5. The van der Waals surface area contributed by atoms with Crippen LogP contribution >= 0.6 is 0 Å². The Morgan fingerprint density at radius 3 is 2.28 bits per heavy atom. The minimum absolute atomic E-state index is 0.217. The Bertz CT molecular complexity index is 952. The molecule has 5 heteroatoms. The lowest BCUT2D eigenvalue weighted by molar-refractivity contribution is -0.142. The molecule has 0 aliphatic heterocycles. The number of esters is 1. The van der Waals surface area contributed by atoms with Crippen LogP contribution in [0.2, 0.25) is 0 Å². The fourth-order valence-electron chi connectivity index (χ4n) is 2.85. The van der Waals surface area contributed by atoms with E-state index in [0.717, 1.165) is 22.3 Å². The van der Waals surface area contributed by atoms with Gasteiger partial charge in [-0.2, -0.15) is 0 Å². The topological polar surface area (TPSA) is 64.6 Å². The number of anilines is 1. The van der Waals surface area contributed by atoms with Gasteiger partial charge in [0, 0.05) is 5.69 Å². The molecule has 0 atom stereocenters. The number of benzene rings is 3. The highest BCUT2D eigenvalue weighted by molar-refractivity contribution is 5.86. The lowest BCUT2D eigenvalue weighted by Gasteiger charge is -2.09. The number of carbonyl (C=O) groups is 2. The van der Waals surface area contributed by atoms with Gasteiger partial charge in [0.05, 0.1) is 13.0 Å². The molecule has 0 aliphatic carbocycles. The van der Waals surface area contributed by atoms with Crippen LogP contribution in [0.25, 0.3) is 11.1 Å². The van der Waals surface area contributed by atoms with E-state index in [-0.39, 0.29) is 19.0 Å². The number of carbonyl (C=O) groups excluding carboxylic acids is 2. The summed E-state index contributed by atoms with van der Waals surface area (Å²) in [5.74, 6) is -0.236. The second kappa shape index (κ2) is 10.1. The van der Waals surface area contributed by atoms with Gasteiger partial charge in [0.15, 0.2) is 0 Å². The summed E-state index contributed by atoms with van der Waals surface area (Å²) < 4.78 is 10.2. The summed E-state index contributed by atoms with van der Waals surface area (Å²) in [5.41, 5.74) is 4.41. The molecule has 1 N–H and O–H groups in total. The fourth-order valence-corrected chi connectivity index (χ4v) is 2.85. The molecule has 0 saturated carbocycles.